The number of carbonyl (C=O) groups excluding carboxylic acids is 2. The summed E-state index contributed by atoms with van der Waals surface area (Å²) in [5.74, 6) is -0.548. The maximum absolute atomic E-state index is 13.5. The lowest BCUT2D eigenvalue weighted by Crippen LogP contribution is -2.43. The Kier molecular flexibility index (Phi) is 4.55. The smallest absolute Gasteiger partial charge is 0.349 e. The number of likely N-dealkylation sites (tertiary alicyclic amines) is 1. The third-order valence-corrected chi connectivity index (χ3v) is 6.17. The van der Waals surface area contributed by atoms with E-state index in [1.165, 1.54) is 22.3 Å². The van der Waals surface area contributed by atoms with Crippen LogP contribution in [0.2, 0.25) is 0 Å². The van der Waals surface area contributed by atoms with Crippen LogP contribution in [-0.4, -0.2) is 34.9 Å². The van der Waals surface area contributed by atoms with Gasteiger partial charge in [0.15, 0.2) is 5.13 Å². The normalized spacial score (nSPS) is 14.0. The highest BCUT2D eigenvalue weighted by Gasteiger charge is 2.30. The molecule has 3 heterocycles. The number of carbonyl (C=O) groups is 2. The van der Waals surface area contributed by atoms with Gasteiger partial charge in [-0.3, -0.25) is 14.5 Å². The van der Waals surface area contributed by atoms with E-state index in [9.17, 15) is 14.4 Å². The van der Waals surface area contributed by atoms with Gasteiger partial charge in [-0.15, -0.1) is 0 Å². The average Bonchev–Trinajstić information content (AvgIpc) is 3.36. The highest BCUT2D eigenvalue weighted by Crippen LogP contribution is 2.30. The molecule has 1 saturated heterocycles. The standard InChI is InChI=1S/C22H17N3O4S/c26-19-10-5-11-24(19)13-25(22-23-16-7-2-4-9-18(16)30-22)20(27)15-12-14-6-1-3-8-17(14)29-21(15)28/h1-4,6-9,12H,5,10-11,13H2. The minimum absolute atomic E-state index is 0.0144. The number of aromatic nitrogens is 1. The molecule has 0 spiro atoms. The van der Waals surface area contributed by atoms with E-state index in [2.05, 4.69) is 4.98 Å². The van der Waals surface area contributed by atoms with Crippen molar-refractivity contribution in [3.8, 4) is 0 Å². The van der Waals surface area contributed by atoms with E-state index in [-0.39, 0.29) is 18.1 Å². The molecular formula is C22H17N3O4S. The topological polar surface area (TPSA) is 83.7 Å². The zero-order chi connectivity index (χ0) is 20.7. The number of para-hydroxylation sites is 2. The molecule has 0 saturated carbocycles. The number of thiazole rings is 1. The van der Waals surface area contributed by atoms with Gasteiger partial charge >= 0.3 is 5.63 Å². The third-order valence-electron chi connectivity index (χ3n) is 5.11. The van der Waals surface area contributed by atoms with Crippen molar-refractivity contribution in [1.29, 1.82) is 0 Å². The Labute approximate surface area is 175 Å². The Morgan fingerprint density at radius 1 is 1.13 bits per heavy atom. The van der Waals surface area contributed by atoms with E-state index in [4.69, 9.17) is 4.42 Å². The van der Waals surface area contributed by atoms with Crippen molar-refractivity contribution in [2.24, 2.45) is 0 Å². The second kappa shape index (κ2) is 7.38. The van der Waals surface area contributed by atoms with Gasteiger partial charge in [0, 0.05) is 18.4 Å². The minimum atomic E-state index is -0.711. The van der Waals surface area contributed by atoms with Crippen LogP contribution in [0.5, 0.6) is 0 Å². The number of fused-ring (bicyclic) bond motifs is 2. The van der Waals surface area contributed by atoms with Gasteiger partial charge in [0.05, 0.1) is 10.2 Å². The maximum Gasteiger partial charge on any atom is 0.349 e. The molecule has 0 aliphatic carbocycles. The van der Waals surface area contributed by atoms with Crippen LogP contribution in [0.4, 0.5) is 5.13 Å². The molecule has 2 aromatic heterocycles. The lowest BCUT2D eigenvalue weighted by atomic mass is 10.1. The van der Waals surface area contributed by atoms with Crippen molar-refractivity contribution in [2.45, 2.75) is 12.8 Å². The Bertz CT molecular complexity index is 1310. The van der Waals surface area contributed by atoms with E-state index in [1.807, 2.05) is 30.3 Å². The summed E-state index contributed by atoms with van der Waals surface area (Å²) in [4.78, 5) is 45.8. The van der Waals surface area contributed by atoms with Crippen LogP contribution in [0.3, 0.4) is 0 Å². The monoisotopic (exact) mass is 419 g/mol. The number of benzene rings is 2. The molecule has 1 aliphatic rings. The summed E-state index contributed by atoms with van der Waals surface area (Å²) in [7, 11) is 0. The van der Waals surface area contributed by atoms with Crippen LogP contribution in [-0.2, 0) is 4.79 Å². The fraction of sp³-hybridized carbons (Fsp3) is 0.182. The van der Waals surface area contributed by atoms with Crippen molar-refractivity contribution in [2.75, 3.05) is 18.1 Å². The van der Waals surface area contributed by atoms with Crippen LogP contribution in [0.25, 0.3) is 21.2 Å². The van der Waals surface area contributed by atoms with E-state index < -0.39 is 11.5 Å². The molecule has 0 atom stereocenters. The molecule has 2 amide bonds. The van der Waals surface area contributed by atoms with Crippen molar-refractivity contribution in [3.05, 3.63) is 70.6 Å². The largest absolute Gasteiger partial charge is 0.422 e. The van der Waals surface area contributed by atoms with Crippen molar-refractivity contribution in [3.63, 3.8) is 0 Å². The van der Waals surface area contributed by atoms with E-state index >= 15 is 0 Å². The van der Waals surface area contributed by atoms with Crippen LogP contribution >= 0.6 is 11.3 Å². The molecule has 2 aromatic carbocycles. The summed E-state index contributed by atoms with van der Waals surface area (Å²) >= 11 is 1.35. The van der Waals surface area contributed by atoms with Crippen LogP contribution in [0, 0.1) is 0 Å². The number of hydrogen-bond acceptors (Lipinski definition) is 6. The summed E-state index contributed by atoms with van der Waals surface area (Å²) in [5, 5.41) is 1.09. The molecule has 0 bridgehead atoms. The van der Waals surface area contributed by atoms with E-state index in [0.29, 0.717) is 29.1 Å². The average molecular weight is 419 g/mol. The van der Waals surface area contributed by atoms with Crippen LogP contribution in [0.1, 0.15) is 23.2 Å². The van der Waals surface area contributed by atoms with Gasteiger partial charge in [-0.1, -0.05) is 41.7 Å². The highest BCUT2D eigenvalue weighted by atomic mass is 32.1. The van der Waals surface area contributed by atoms with Crippen molar-refractivity contribution < 1.29 is 14.0 Å². The number of amides is 2. The maximum atomic E-state index is 13.5. The van der Waals surface area contributed by atoms with Crippen LogP contribution < -0.4 is 10.5 Å². The third kappa shape index (κ3) is 3.25. The number of rotatable bonds is 4. The van der Waals surface area contributed by atoms with Crippen LogP contribution in [0.15, 0.2) is 63.8 Å². The van der Waals surface area contributed by atoms with Gasteiger partial charge in [0.25, 0.3) is 5.91 Å². The van der Waals surface area contributed by atoms with Gasteiger partial charge in [0.2, 0.25) is 5.91 Å². The lowest BCUT2D eigenvalue weighted by molar-refractivity contribution is -0.127. The highest BCUT2D eigenvalue weighted by molar-refractivity contribution is 7.22. The summed E-state index contributed by atoms with van der Waals surface area (Å²) in [6.45, 7) is 0.615. The molecule has 5 rings (SSSR count). The van der Waals surface area contributed by atoms with Gasteiger partial charge in [-0.2, -0.15) is 0 Å². The molecule has 8 heteroatoms. The Balaban J connectivity index is 1.60. The molecule has 30 heavy (non-hydrogen) atoms. The summed E-state index contributed by atoms with van der Waals surface area (Å²) in [6.07, 6.45) is 1.21. The predicted molar refractivity (Wildman–Crippen MR) is 115 cm³/mol. The molecule has 1 fully saturated rings. The molecular weight excluding hydrogens is 402 g/mol. The van der Waals surface area contributed by atoms with Crippen molar-refractivity contribution in [1.82, 2.24) is 9.88 Å². The second-order valence-corrected chi connectivity index (χ2v) is 8.09. The second-order valence-electron chi connectivity index (χ2n) is 7.08. The SMILES string of the molecule is O=C1CCCN1CN(C(=O)c1cc2ccccc2oc1=O)c1nc2ccccc2s1. The number of anilines is 1. The molecule has 150 valence electrons. The fourth-order valence-electron chi connectivity index (χ4n) is 3.57. The Hall–Kier alpha value is -3.52. The number of nitrogens with zero attached hydrogens (tertiary/aromatic N) is 3. The molecule has 1 aliphatic heterocycles. The van der Waals surface area contributed by atoms with Gasteiger partial charge in [-0.05, 0) is 30.7 Å². The lowest BCUT2D eigenvalue weighted by Gasteiger charge is -2.25. The predicted octanol–water partition coefficient (Wildman–Crippen LogP) is 3.63. The molecule has 4 aromatic rings. The zero-order valence-corrected chi connectivity index (χ0v) is 16.7. The first-order chi connectivity index (χ1) is 14.6. The first-order valence-electron chi connectivity index (χ1n) is 9.58. The molecule has 0 N–H and O–H groups in total. The quantitative estimate of drug-likeness (QED) is 0.472. The summed E-state index contributed by atoms with van der Waals surface area (Å²) in [5.41, 5.74) is 0.381. The Morgan fingerprint density at radius 2 is 1.93 bits per heavy atom. The molecule has 0 unspecified atom stereocenters. The summed E-state index contributed by atoms with van der Waals surface area (Å²) < 4.78 is 6.27. The minimum Gasteiger partial charge on any atom is -0.422 e. The van der Waals surface area contributed by atoms with Gasteiger partial charge in [0.1, 0.15) is 17.8 Å². The van der Waals surface area contributed by atoms with E-state index in [1.54, 1.807) is 23.1 Å². The fourth-order valence-corrected chi connectivity index (χ4v) is 4.52. The van der Waals surface area contributed by atoms with Gasteiger partial charge < -0.3 is 9.32 Å². The molecule has 0 radical (unpaired) electrons. The Morgan fingerprint density at radius 3 is 2.73 bits per heavy atom. The summed E-state index contributed by atoms with van der Waals surface area (Å²) in [6, 6.07) is 16.1. The first-order valence-corrected chi connectivity index (χ1v) is 10.4. The molecule has 7 nitrogen and oxygen atoms in total. The first kappa shape index (κ1) is 18.5. The zero-order valence-electron chi connectivity index (χ0n) is 15.9. The van der Waals surface area contributed by atoms with E-state index in [0.717, 1.165) is 16.6 Å². The van der Waals surface area contributed by atoms with Gasteiger partial charge in [-0.25, -0.2) is 9.78 Å². The number of hydrogen-bond donors (Lipinski definition) is 0. The van der Waals surface area contributed by atoms with Crippen molar-refractivity contribution >= 4 is 49.5 Å².